The van der Waals surface area contributed by atoms with Gasteiger partial charge in [0.05, 0.1) is 0 Å². The van der Waals surface area contributed by atoms with Gasteiger partial charge in [-0.3, -0.25) is 0 Å². The van der Waals surface area contributed by atoms with Crippen molar-refractivity contribution in [1.29, 1.82) is 0 Å². The zero-order valence-corrected chi connectivity index (χ0v) is 12.3. The Morgan fingerprint density at radius 1 is 1.15 bits per heavy atom. The van der Waals surface area contributed by atoms with Crippen LogP contribution in [-0.4, -0.2) is 22.2 Å². The third kappa shape index (κ3) is 3.35. The number of nitrogens with one attached hydrogen (secondary N) is 1. The Labute approximate surface area is 123 Å². The molecule has 0 bridgehead atoms. The van der Waals surface area contributed by atoms with E-state index < -0.39 is 0 Å². The standard InChI is InChI=1S/C15H20N4S/c16-13-5-1-11(2-6-13)9-17-14-7-3-12(4-8-14)15-10-20-19-18-15/h3-4,7-8,10-11,13,17H,1-2,5-6,9,16H2. The molecule has 3 N–H and O–H groups in total. The first-order valence-electron chi connectivity index (χ1n) is 7.18. The van der Waals surface area contributed by atoms with Crippen LogP contribution in [0.15, 0.2) is 29.6 Å². The molecule has 1 aromatic carbocycles. The molecule has 1 heterocycles. The van der Waals surface area contributed by atoms with E-state index in [0.29, 0.717) is 6.04 Å². The van der Waals surface area contributed by atoms with E-state index in [0.717, 1.165) is 23.7 Å². The van der Waals surface area contributed by atoms with Gasteiger partial charge in [0, 0.05) is 29.2 Å². The van der Waals surface area contributed by atoms with Crippen LogP contribution in [0.1, 0.15) is 25.7 Å². The Hall–Kier alpha value is -1.46. The van der Waals surface area contributed by atoms with Gasteiger partial charge in [0.15, 0.2) is 0 Å². The van der Waals surface area contributed by atoms with Crippen molar-refractivity contribution < 1.29 is 0 Å². The molecule has 1 aliphatic rings. The van der Waals surface area contributed by atoms with Crippen molar-refractivity contribution in [1.82, 2.24) is 9.59 Å². The van der Waals surface area contributed by atoms with Crippen LogP contribution in [0.25, 0.3) is 11.3 Å². The Morgan fingerprint density at radius 3 is 2.55 bits per heavy atom. The Bertz CT molecular complexity index is 515. The van der Waals surface area contributed by atoms with Crippen LogP contribution in [-0.2, 0) is 0 Å². The van der Waals surface area contributed by atoms with Crippen LogP contribution in [0.5, 0.6) is 0 Å². The topological polar surface area (TPSA) is 63.8 Å². The lowest BCUT2D eigenvalue weighted by Gasteiger charge is -2.26. The van der Waals surface area contributed by atoms with Crippen LogP contribution in [0.4, 0.5) is 5.69 Å². The quantitative estimate of drug-likeness (QED) is 0.907. The SMILES string of the molecule is NC1CCC(CNc2ccc(-c3csnn3)cc2)CC1. The molecule has 3 rings (SSSR count). The maximum atomic E-state index is 5.94. The average Bonchev–Trinajstić information content (AvgIpc) is 3.01. The fourth-order valence-corrected chi connectivity index (χ4v) is 3.17. The molecule has 5 heteroatoms. The fraction of sp³-hybridized carbons (Fsp3) is 0.467. The van der Waals surface area contributed by atoms with Crippen molar-refractivity contribution in [3.8, 4) is 11.3 Å². The zero-order valence-electron chi connectivity index (χ0n) is 11.5. The molecular weight excluding hydrogens is 268 g/mol. The first kappa shape index (κ1) is 13.5. The van der Waals surface area contributed by atoms with Gasteiger partial charge in [0.25, 0.3) is 0 Å². The maximum Gasteiger partial charge on any atom is 0.105 e. The Balaban J connectivity index is 1.53. The first-order valence-corrected chi connectivity index (χ1v) is 8.02. The highest BCUT2D eigenvalue weighted by Crippen LogP contribution is 2.24. The monoisotopic (exact) mass is 288 g/mol. The second-order valence-electron chi connectivity index (χ2n) is 5.53. The summed E-state index contributed by atoms with van der Waals surface area (Å²) in [4.78, 5) is 0. The van der Waals surface area contributed by atoms with E-state index in [-0.39, 0.29) is 0 Å². The molecule has 20 heavy (non-hydrogen) atoms. The van der Waals surface area contributed by atoms with Crippen LogP contribution < -0.4 is 11.1 Å². The minimum absolute atomic E-state index is 0.428. The highest BCUT2D eigenvalue weighted by molar-refractivity contribution is 7.03. The number of nitrogens with two attached hydrogens (primary N) is 1. The van der Waals surface area contributed by atoms with Crippen LogP contribution in [0, 0.1) is 5.92 Å². The van der Waals surface area contributed by atoms with Gasteiger partial charge < -0.3 is 11.1 Å². The molecule has 0 radical (unpaired) electrons. The van der Waals surface area contributed by atoms with E-state index in [2.05, 4.69) is 39.2 Å². The minimum atomic E-state index is 0.428. The predicted octanol–water partition coefficient (Wildman–Crippen LogP) is 3.13. The second-order valence-corrected chi connectivity index (χ2v) is 6.14. The molecule has 0 aliphatic heterocycles. The molecule has 1 fully saturated rings. The summed E-state index contributed by atoms with van der Waals surface area (Å²) >= 11 is 1.38. The van der Waals surface area contributed by atoms with Crippen LogP contribution >= 0.6 is 11.5 Å². The molecule has 2 aromatic rings. The number of nitrogens with zero attached hydrogens (tertiary/aromatic N) is 2. The fourth-order valence-electron chi connectivity index (χ4n) is 2.70. The van der Waals surface area contributed by atoms with Crippen molar-refractivity contribution in [3.63, 3.8) is 0 Å². The molecule has 0 saturated heterocycles. The normalized spacial score (nSPS) is 22.6. The first-order chi connectivity index (χ1) is 9.81. The Kier molecular flexibility index (Phi) is 4.28. The summed E-state index contributed by atoms with van der Waals surface area (Å²) in [5, 5.41) is 9.57. The molecule has 0 unspecified atom stereocenters. The molecule has 4 nitrogen and oxygen atoms in total. The molecule has 106 valence electrons. The predicted molar refractivity (Wildman–Crippen MR) is 83.8 cm³/mol. The van der Waals surface area contributed by atoms with Gasteiger partial charge >= 0.3 is 0 Å². The van der Waals surface area contributed by atoms with E-state index in [1.807, 2.05) is 5.38 Å². The number of benzene rings is 1. The number of rotatable bonds is 4. The minimum Gasteiger partial charge on any atom is -0.385 e. The van der Waals surface area contributed by atoms with Gasteiger partial charge in [-0.25, -0.2) is 0 Å². The third-order valence-corrected chi connectivity index (χ3v) is 4.53. The summed E-state index contributed by atoms with van der Waals surface area (Å²) < 4.78 is 3.89. The van der Waals surface area contributed by atoms with E-state index in [9.17, 15) is 0 Å². The smallest absolute Gasteiger partial charge is 0.105 e. The summed E-state index contributed by atoms with van der Waals surface area (Å²) in [7, 11) is 0. The summed E-state index contributed by atoms with van der Waals surface area (Å²) in [6.45, 7) is 1.05. The van der Waals surface area contributed by atoms with Crippen LogP contribution in [0.2, 0.25) is 0 Å². The molecule has 1 aliphatic carbocycles. The lowest BCUT2D eigenvalue weighted by Crippen LogP contribution is -2.29. The molecule has 0 spiro atoms. The van der Waals surface area contributed by atoms with Crippen molar-refractivity contribution >= 4 is 17.2 Å². The summed E-state index contributed by atoms with van der Waals surface area (Å²) in [6, 6.07) is 8.84. The van der Waals surface area contributed by atoms with Gasteiger partial charge in [-0.1, -0.05) is 16.6 Å². The molecule has 0 amide bonds. The molecule has 1 saturated carbocycles. The van der Waals surface area contributed by atoms with Crippen molar-refractivity contribution in [2.75, 3.05) is 11.9 Å². The van der Waals surface area contributed by atoms with Crippen molar-refractivity contribution in [3.05, 3.63) is 29.6 Å². The summed E-state index contributed by atoms with van der Waals surface area (Å²) in [5.74, 6) is 0.761. The average molecular weight is 288 g/mol. The van der Waals surface area contributed by atoms with E-state index in [4.69, 9.17) is 5.73 Å². The van der Waals surface area contributed by atoms with E-state index >= 15 is 0 Å². The Morgan fingerprint density at radius 2 is 1.90 bits per heavy atom. The summed E-state index contributed by atoms with van der Waals surface area (Å²) in [5.41, 5.74) is 9.18. The zero-order chi connectivity index (χ0) is 13.8. The number of hydrogen-bond donors (Lipinski definition) is 2. The van der Waals surface area contributed by atoms with Gasteiger partial charge in [0.2, 0.25) is 0 Å². The number of anilines is 1. The third-order valence-electron chi connectivity index (χ3n) is 4.03. The highest BCUT2D eigenvalue weighted by atomic mass is 32.1. The highest BCUT2D eigenvalue weighted by Gasteiger charge is 2.17. The lowest BCUT2D eigenvalue weighted by molar-refractivity contribution is 0.339. The number of hydrogen-bond acceptors (Lipinski definition) is 5. The number of aromatic nitrogens is 2. The summed E-state index contributed by atoms with van der Waals surface area (Å²) in [6.07, 6.45) is 4.83. The van der Waals surface area contributed by atoms with Gasteiger partial charge in [-0.05, 0) is 55.3 Å². The van der Waals surface area contributed by atoms with Crippen LogP contribution in [0.3, 0.4) is 0 Å². The molecule has 1 aromatic heterocycles. The van der Waals surface area contributed by atoms with Gasteiger partial charge in [0.1, 0.15) is 5.69 Å². The largest absolute Gasteiger partial charge is 0.385 e. The van der Waals surface area contributed by atoms with E-state index in [1.165, 1.54) is 42.9 Å². The second kappa shape index (κ2) is 6.33. The lowest BCUT2D eigenvalue weighted by atomic mass is 9.86. The van der Waals surface area contributed by atoms with Crippen molar-refractivity contribution in [2.45, 2.75) is 31.7 Å². The van der Waals surface area contributed by atoms with Gasteiger partial charge in [-0.15, -0.1) is 5.10 Å². The van der Waals surface area contributed by atoms with Gasteiger partial charge in [-0.2, -0.15) is 0 Å². The maximum absolute atomic E-state index is 5.94. The van der Waals surface area contributed by atoms with E-state index in [1.54, 1.807) is 0 Å². The molecule has 0 atom stereocenters. The van der Waals surface area contributed by atoms with Crippen molar-refractivity contribution in [2.24, 2.45) is 11.7 Å². The molecular formula is C15H20N4S.